The van der Waals surface area contributed by atoms with Crippen LogP contribution in [0.3, 0.4) is 0 Å². The van der Waals surface area contributed by atoms with Crippen LogP contribution in [0.2, 0.25) is 0 Å². The van der Waals surface area contributed by atoms with Crippen molar-refractivity contribution in [3.05, 3.63) is 0 Å². The van der Waals surface area contributed by atoms with Gasteiger partial charge < -0.3 is 10.4 Å². The topological polar surface area (TPSA) is 32.3 Å². The van der Waals surface area contributed by atoms with Crippen molar-refractivity contribution in [3.63, 3.8) is 0 Å². The number of aliphatic hydroxyl groups excluding tert-OH is 1. The zero-order valence-corrected chi connectivity index (χ0v) is 10.3. The van der Waals surface area contributed by atoms with Gasteiger partial charge in [0.25, 0.3) is 0 Å². The number of hydrogen-bond donors (Lipinski definition) is 2. The Morgan fingerprint density at radius 2 is 2.07 bits per heavy atom. The van der Waals surface area contributed by atoms with E-state index < -0.39 is 0 Å². The summed E-state index contributed by atoms with van der Waals surface area (Å²) >= 11 is 0. The van der Waals surface area contributed by atoms with Gasteiger partial charge in [-0.1, -0.05) is 33.1 Å². The van der Waals surface area contributed by atoms with Crippen LogP contribution < -0.4 is 5.32 Å². The van der Waals surface area contributed by atoms with Crippen molar-refractivity contribution in [2.75, 3.05) is 13.2 Å². The highest BCUT2D eigenvalue weighted by Crippen LogP contribution is 2.28. The Kier molecular flexibility index (Phi) is 6.26. The smallest absolute Gasteiger partial charge is 0.0445 e. The van der Waals surface area contributed by atoms with Crippen LogP contribution in [0.25, 0.3) is 0 Å². The summed E-state index contributed by atoms with van der Waals surface area (Å²) in [5.41, 5.74) is 0. The molecule has 1 saturated carbocycles. The second-order valence-corrected chi connectivity index (χ2v) is 5.05. The Morgan fingerprint density at radius 1 is 1.33 bits per heavy atom. The Morgan fingerprint density at radius 3 is 2.67 bits per heavy atom. The van der Waals surface area contributed by atoms with Gasteiger partial charge in [-0.2, -0.15) is 0 Å². The molecule has 3 unspecified atom stereocenters. The molecule has 15 heavy (non-hydrogen) atoms. The first kappa shape index (κ1) is 13.0. The lowest BCUT2D eigenvalue weighted by molar-refractivity contribution is 0.223. The summed E-state index contributed by atoms with van der Waals surface area (Å²) in [4.78, 5) is 0. The molecule has 0 aromatic carbocycles. The van der Waals surface area contributed by atoms with Gasteiger partial charge in [0, 0.05) is 12.6 Å². The van der Waals surface area contributed by atoms with Gasteiger partial charge >= 0.3 is 0 Å². The van der Waals surface area contributed by atoms with Crippen molar-refractivity contribution < 1.29 is 5.11 Å². The van der Waals surface area contributed by atoms with Crippen LogP contribution in [0.4, 0.5) is 0 Å². The van der Waals surface area contributed by atoms with E-state index in [2.05, 4.69) is 19.2 Å². The lowest BCUT2D eigenvalue weighted by Crippen LogP contribution is -2.36. The van der Waals surface area contributed by atoms with Gasteiger partial charge in [0.2, 0.25) is 0 Å². The maximum Gasteiger partial charge on any atom is 0.0445 e. The zero-order chi connectivity index (χ0) is 11.1. The molecule has 3 atom stereocenters. The number of nitrogens with one attached hydrogen (secondary N) is 1. The standard InChI is InChI=1S/C13H27NO/c1-3-13(8-9-15)14-10-12-7-5-4-6-11(12)2/h11-15H,3-10H2,1-2H3. The molecule has 0 amide bonds. The van der Waals surface area contributed by atoms with Crippen LogP contribution in [0.15, 0.2) is 0 Å². The molecule has 0 bridgehead atoms. The molecule has 2 N–H and O–H groups in total. The minimum atomic E-state index is 0.311. The summed E-state index contributed by atoms with van der Waals surface area (Å²) in [7, 11) is 0. The molecule has 1 rings (SSSR count). The predicted molar refractivity (Wildman–Crippen MR) is 64.9 cm³/mol. The lowest BCUT2D eigenvalue weighted by atomic mass is 9.80. The number of hydrogen-bond acceptors (Lipinski definition) is 2. The molecule has 0 spiro atoms. The molecular weight excluding hydrogens is 186 g/mol. The van der Waals surface area contributed by atoms with Crippen LogP contribution in [0.1, 0.15) is 52.4 Å². The van der Waals surface area contributed by atoms with E-state index in [1.165, 1.54) is 25.7 Å². The second-order valence-electron chi connectivity index (χ2n) is 5.05. The average Bonchev–Trinajstić information content (AvgIpc) is 2.26. The van der Waals surface area contributed by atoms with Crippen molar-refractivity contribution in [1.82, 2.24) is 5.32 Å². The van der Waals surface area contributed by atoms with Gasteiger partial charge in [-0.15, -0.1) is 0 Å². The molecule has 2 heteroatoms. The monoisotopic (exact) mass is 213 g/mol. The van der Waals surface area contributed by atoms with Gasteiger partial charge in [0.05, 0.1) is 0 Å². The van der Waals surface area contributed by atoms with E-state index in [4.69, 9.17) is 5.11 Å². The molecule has 0 radical (unpaired) electrons. The Labute approximate surface area is 94.5 Å². The predicted octanol–water partition coefficient (Wildman–Crippen LogP) is 2.56. The highest BCUT2D eigenvalue weighted by atomic mass is 16.3. The SMILES string of the molecule is CCC(CCO)NCC1CCCCC1C. The second kappa shape index (κ2) is 7.24. The van der Waals surface area contributed by atoms with Crippen molar-refractivity contribution >= 4 is 0 Å². The van der Waals surface area contributed by atoms with Crippen LogP contribution in [0, 0.1) is 11.8 Å². The Balaban J connectivity index is 2.21. The molecule has 1 fully saturated rings. The summed E-state index contributed by atoms with van der Waals surface area (Å²) in [5.74, 6) is 1.75. The average molecular weight is 213 g/mol. The van der Waals surface area contributed by atoms with E-state index in [-0.39, 0.29) is 0 Å². The fraction of sp³-hybridized carbons (Fsp3) is 1.00. The maximum absolute atomic E-state index is 8.92. The quantitative estimate of drug-likeness (QED) is 0.711. The Bertz CT molecular complexity index is 161. The van der Waals surface area contributed by atoms with Gasteiger partial charge in [0.1, 0.15) is 0 Å². The summed E-state index contributed by atoms with van der Waals surface area (Å²) in [5, 5.41) is 12.5. The highest BCUT2D eigenvalue weighted by molar-refractivity contribution is 4.76. The normalized spacial score (nSPS) is 29.0. The molecule has 0 aliphatic heterocycles. The minimum absolute atomic E-state index is 0.311. The van der Waals surface area contributed by atoms with Crippen LogP contribution in [-0.4, -0.2) is 24.3 Å². The molecule has 2 nitrogen and oxygen atoms in total. The van der Waals surface area contributed by atoms with Gasteiger partial charge in [-0.25, -0.2) is 0 Å². The van der Waals surface area contributed by atoms with Crippen LogP contribution in [-0.2, 0) is 0 Å². The first-order valence-electron chi connectivity index (χ1n) is 6.62. The van der Waals surface area contributed by atoms with Crippen molar-refractivity contribution in [1.29, 1.82) is 0 Å². The van der Waals surface area contributed by atoms with E-state index in [1.54, 1.807) is 0 Å². The first-order chi connectivity index (χ1) is 7.27. The summed E-state index contributed by atoms with van der Waals surface area (Å²) < 4.78 is 0. The minimum Gasteiger partial charge on any atom is -0.396 e. The third-order valence-corrected chi connectivity index (χ3v) is 3.93. The van der Waals surface area contributed by atoms with Gasteiger partial charge in [0.15, 0.2) is 0 Å². The summed E-state index contributed by atoms with van der Waals surface area (Å²) in [6.45, 7) is 6.04. The first-order valence-corrected chi connectivity index (χ1v) is 6.62. The van der Waals surface area contributed by atoms with Crippen LogP contribution >= 0.6 is 0 Å². The van der Waals surface area contributed by atoms with E-state index in [0.717, 1.165) is 31.2 Å². The van der Waals surface area contributed by atoms with E-state index in [0.29, 0.717) is 12.6 Å². The molecule has 0 heterocycles. The van der Waals surface area contributed by atoms with Gasteiger partial charge in [-0.05, 0) is 37.6 Å². The van der Waals surface area contributed by atoms with E-state index >= 15 is 0 Å². The molecule has 1 aliphatic rings. The fourth-order valence-electron chi connectivity index (χ4n) is 2.62. The van der Waals surface area contributed by atoms with Crippen LogP contribution in [0.5, 0.6) is 0 Å². The van der Waals surface area contributed by atoms with Crippen molar-refractivity contribution in [2.45, 2.75) is 58.4 Å². The zero-order valence-electron chi connectivity index (χ0n) is 10.3. The van der Waals surface area contributed by atoms with E-state index in [9.17, 15) is 0 Å². The van der Waals surface area contributed by atoms with Gasteiger partial charge in [-0.3, -0.25) is 0 Å². The lowest BCUT2D eigenvalue weighted by Gasteiger charge is -2.30. The molecule has 90 valence electrons. The molecule has 1 aliphatic carbocycles. The number of rotatable bonds is 6. The largest absolute Gasteiger partial charge is 0.396 e. The summed E-state index contributed by atoms with van der Waals surface area (Å²) in [6.07, 6.45) is 7.66. The molecular formula is C13H27NO. The van der Waals surface area contributed by atoms with Crippen molar-refractivity contribution in [3.8, 4) is 0 Å². The molecule has 0 saturated heterocycles. The third-order valence-electron chi connectivity index (χ3n) is 3.93. The maximum atomic E-state index is 8.92. The molecule has 0 aromatic heterocycles. The fourth-order valence-corrected chi connectivity index (χ4v) is 2.62. The molecule has 0 aromatic rings. The summed E-state index contributed by atoms with van der Waals surface area (Å²) in [6, 6.07) is 0.518. The third kappa shape index (κ3) is 4.52. The van der Waals surface area contributed by atoms with E-state index in [1.807, 2.05) is 0 Å². The number of aliphatic hydroxyl groups is 1. The Hall–Kier alpha value is -0.0800. The van der Waals surface area contributed by atoms with Crippen molar-refractivity contribution in [2.24, 2.45) is 11.8 Å². The highest BCUT2D eigenvalue weighted by Gasteiger charge is 2.21.